The standard InChI is InChI=1S/C13H25N5/c1-7-14-11-8-12(17-10(2)16-11)15-9-13(3,4)18(5)6/h8H,7,9H2,1-6H3,(H2,14,15,16,17). The first-order chi connectivity index (χ1) is 8.35. The summed E-state index contributed by atoms with van der Waals surface area (Å²) < 4.78 is 0. The third-order valence-electron chi connectivity index (χ3n) is 3.11. The Hall–Kier alpha value is -1.36. The average molecular weight is 251 g/mol. The molecular formula is C13H25N5. The normalized spacial score (nSPS) is 11.7. The van der Waals surface area contributed by atoms with E-state index < -0.39 is 0 Å². The summed E-state index contributed by atoms with van der Waals surface area (Å²) in [4.78, 5) is 10.9. The molecule has 0 saturated carbocycles. The van der Waals surface area contributed by atoms with Gasteiger partial charge in [0.1, 0.15) is 17.5 Å². The second-order valence-electron chi connectivity index (χ2n) is 5.28. The monoisotopic (exact) mass is 251 g/mol. The van der Waals surface area contributed by atoms with Crippen LogP contribution in [0.4, 0.5) is 11.6 Å². The van der Waals surface area contributed by atoms with Gasteiger partial charge in [0.2, 0.25) is 0 Å². The molecule has 2 N–H and O–H groups in total. The fraction of sp³-hybridized carbons (Fsp3) is 0.692. The molecule has 18 heavy (non-hydrogen) atoms. The van der Waals surface area contributed by atoms with Gasteiger partial charge in [-0.15, -0.1) is 0 Å². The highest BCUT2D eigenvalue weighted by Gasteiger charge is 2.20. The van der Waals surface area contributed by atoms with Crippen LogP contribution in [0.2, 0.25) is 0 Å². The van der Waals surface area contributed by atoms with Crippen molar-refractivity contribution < 1.29 is 0 Å². The van der Waals surface area contributed by atoms with Crippen molar-refractivity contribution in [3.8, 4) is 0 Å². The Morgan fingerprint density at radius 1 is 1.17 bits per heavy atom. The molecule has 0 aliphatic carbocycles. The molecule has 0 unspecified atom stereocenters. The van der Waals surface area contributed by atoms with Gasteiger partial charge in [0.15, 0.2) is 0 Å². The lowest BCUT2D eigenvalue weighted by molar-refractivity contribution is 0.210. The van der Waals surface area contributed by atoms with Crippen molar-refractivity contribution >= 4 is 11.6 Å². The van der Waals surface area contributed by atoms with Crippen LogP contribution in [0.25, 0.3) is 0 Å². The molecule has 0 spiro atoms. The van der Waals surface area contributed by atoms with Gasteiger partial charge in [-0.05, 0) is 41.8 Å². The van der Waals surface area contributed by atoms with Gasteiger partial charge in [-0.25, -0.2) is 9.97 Å². The maximum Gasteiger partial charge on any atom is 0.131 e. The minimum Gasteiger partial charge on any atom is -0.370 e. The predicted octanol–water partition coefficient (Wildman–Crippen LogP) is 1.97. The SMILES string of the molecule is CCNc1cc(NCC(C)(C)N(C)C)nc(C)n1. The Morgan fingerprint density at radius 3 is 2.22 bits per heavy atom. The van der Waals surface area contributed by atoms with E-state index in [-0.39, 0.29) is 5.54 Å². The van der Waals surface area contributed by atoms with Crippen molar-refractivity contribution in [2.45, 2.75) is 33.2 Å². The number of likely N-dealkylation sites (N-methyl/N-ethyl adjacent to an activating group) is 1. The number of anilines is 2. The van der Waals surface area contributed by atoms with E-state index in [1.807, 2.05) is 13.0 Å². The van der Waals surface area contributed by atoms with E-state index in [0.29, 0.717) is 0 Å². The van der Waals surface area contributed by atoms with E-state index in [1.54, 1.807) is 0 Å². The molecule has 0 aliphatic rings. The zero-order chi connectivity index (χ0) is 13.8. The number of hydrogen-bond acceptors (Lipinski definition) is 5. The van der Waals surface area contributed by atoms with Crippen molar-refractivity contribution in [3.63, 3.8) is 0 Å². The number of aromatic nitrogens is 2. The molecule has 1 aromatic rings. The molecular weight excluding hydrogens is 226 g/mol. The highest BCUT2D eigenvalue weighted by molar-refractivity contribution is 5.47. The third kappa shape index (κ3) is 4.14. The van der Waals surface area contributed by atoms with Crippen LogP contribution in [0, 0.1) is 6.92 Å². The summed E-state index contributed by atoms with van der Waals surface area (Å²) in [5.74, 6) is 2.52. The van der Waals surface area contributed by atoms with Gasteiger partial charge in [-0.3, -0.25) is 0 Å². The maximum absolute atomic E-state index is 4.40. The Morgan fingerprint density at radius 2 is 1.72 bits per heavy atom. The molecule has 0 saturated heterocycles. The molecule has 1 rings (SSSR count). The van der Waals surface area contributed by atoms with Crippen LogP contribution < -0.4 is 10.6 Å². The van der Waals surface area contributed by atoms with Gasteiger partial charge in [0.25, 0.3) is 0 Å². The van der Waals surface area contributed by atoms with E-state index >= 15 is 0 Å². The number of nitrogens with one attached hydrogen (secondary N) is 2. The Balaban J connectivity index is 2.73. The molecule has 1 heterocycles. The topological polar surface area (TPSA) is 53.1 Å². The van der Waals surface area contributed by atoms with E-state index in [1.165, 1.54) is 0 Å². The summed E-state index contributed by atoms with van der Waals surface area (Å²) in [6, 6.07) is 1.95. The largest absolute Gasteiger partial charge is 0.370 e. The van der Waals surface area contributed by atoms with Crippen LogP contribution in [0.5, 0.6) is 0 Å². The summed E-state index contributed by atoms with van der Waals surface area (Å²) in [5, 5.41) is 6.58. The summed E-state index contributed by atoms with van der Waals surface area (Å²) in [6.07, 6.45) is 0. The number of rotatable bonds is 6. The van der Waals surface area contributed by atoms with Gasteiger partial charge >= 0.3 is 0 Å². The summed E-state index contributed by atoms with van der Waals surface area (Å²) in [7, 11) is 4.16. The molecule has 5 nitrogen and oxygen atoms in total. The zero-order valence-electron chi connectivity index (χ0n) is 12.3. The van der Waals surface area contributed by atoms with Crippen LogP contribution in [-0.2, 0) is 0 Å². The Bertz CT molecular complexity index is 387. The fourth-order valence-corrected chi connectivity index (χ4v) is 1.39. The minimum absolute atomic E-state index is 0.0806. The van der Waals surface area contributed by atoms with Crippen molar-refractivity contribution in [1.82, 2.24) is 14.9 Å². The Kier molecular flexibility index (Phi) is 4.90. The molecule has 5 heteroatoms. The first kappa shape index (κ1) is 14.7. The van der Waals surface area contributed by atoms with Crippen molar-refractivity contribution in [2.24, 2.45) is 0 Å². The third-order valence-corrected chi connectivity index (χ3v) is 3.11. The summed E-state index contributed by atoms with van der Waals surface area (Å²) in [6.45, 7) is 10.0. The molecule has 0 amide bonds. The van der Waals surface area contributed by atoms with Crippen LogP contribution >= 0.6 is 0 Å². The van der Waals surface area contributed by atoms with E-state index in [0.717, 1.165) is 30.5 Å². The van der Waals surface area contributed by atoms with Crippen molar-refractivity contribution in [1.29, 1.82) is 0 Å². The van der Waals surface area contributed by atoms with Gasteiger partial charge in [-0.1, -0.05) is 0 Å². The lowest BCUT2D eigenvalue weighted by Crippen LogP contribution is -2.44. The highest BCUT2D eigenvalue weighted by atomic mass is 15.2. The fourth-order valence-electron chi connectivity index (χ4n) is 1.39. The Labute approximate surface area is 110 Å². The van der Waals surface area contributed by atoms with Crippen LogP contribution in [-0.4, -0.2) is 47.6 Å². The molecule has 0 radical (unpaired) electrons. The number of hydrogen-bond donors (Lipinski definition) is 2. The van der Waals surface area contributed by atoms with E-state index in [4.69, 9.17) is 0 Å². The quantitative estimate of drug-likeness (QED) is 0.809. The minimum atomic E-state index is 0.0806. The van der Waals surface area contributed by atoms with Crippen LogP contribution in [0.1, 0.15) is 26.6 Å². The molecule has 0 aromatic carbocycles. The second-order valence-corrected chi connectivity index (χ2v) is 5.28. The van der Waals surface area contributed by atoms with Crippen LogP contribution in [0.3, 0.4) is 0 Å². The van der Waals surface area contributed by atoms with Gasteiger partial charge in [0, 0.05) is 24.7 Å². The first-order valence-corrected chi connectivity index (χ1v) is 6.36. The molecule has 1 aromatic heterocycles. The number of nitrogens with zero attached hydrogens (tertiary/aromatic N) is 3. The van der Waals surface area contributed by atoms with Gasteiger partial charge in [-0.2, -0.15) is 0 Å². The number of aryl methyl sites for hydroxylation is 1. The molecule has 0 bridgehead atoms. The lowest BCUT2D eigenvalue weighted by atomic mass is 10.0. The zero-order valence-corrected chi connectivity index (χ0v) is 12.3. The highest BCUT2D eigenvalue weighted by Crippen LogP contribution is 2.14. The molecule has 0 aliphatic heterocycles. The van der Waals surface area contributed by atoms with E-state index in [2.05, 4.69) is 60.4 Å². The van der Waals surface area contributed by atoms with E-state index in [9.17, 15) is 0 Å². The predicted molar refractivity (Wildman–Crippen MR) is 77.2 cm³/mol. The smallest absolute Gasteiger partial charge is 0.131 e. The first-order valence-electron chi connectivity index (χ1n) is 6.36. The van der Waals surface area contributed by atoms with Gasteiger partial charge in [0.05, 0.1) is 0 Å². The summed E-state index contributed by atoms with van der Waals surface area (Å²) >= 11 is 0. The molecule has 0 fully saturated rings. The molecule has 102 valence electrons. The lowest BCUT2D eigenvalue weighted by Gasteiger charge is -2.32. The van der Waals surface area contributed by atoms with Gasteiger partial charge < -0.3 is 15.5 Å². The van der Waals surface area contributed by atoms with Crippen LogP contribution in [0.15, 0.2) is 6.07 Å². The second kappa shape index (κ2) is 6.00. The maximum atomic E-state index is 4.40. The molecule has 0 atom stereocenters. The van der Waals surface area contributed by atoms with Crippen molar-refractivity contribution in [2.75, 3.05) is 37.8 Å². The summed E-state index contributed by atoms with van der Waals surface area (Å²) in [5.41, 5.74) is 0.0806. The average Bonchev–Trinajstić information content (AvgIpc) is 2.26. The van der Waals surface area contributed by atoms with Crippen molar-refractivity contribution in [3.05, 3.63) is 11.9 Å².